The van der Waals surface area contributed by atoms with Crippen LogP contribution in [0.25, 0.3) is 0 Å². The molecule has 1 aromatic rings. The minimum atomic E-state index is 0.127. The lowest BCUT2D eigenvalue weighted by Crippen LogP contribution is -2.42. The Morgan fingerprint density at radius 1 is 1.24 bits per heavy atom. The number of nitrogens with zero attached hydrogens (tertiary/aromatic N) is 1. The highest BCUT2D eigenvalue weighted by molar-refractivity contribution is 5.49. The minimum absolute atomic E-state index is 0.127. The number of nitrogens with two attached hydrogens (primary N) is 1. The van der Waals surface area contributed by atoms with Crippen LogP contribution >= 0.6 is 0 Å². The number of hydrogen-bond acceptors (Lipinski definition) is 2. The number of piperidine rings is 1. The van der Waals surface area contributed by atoms with Gasteiger partial charge >= 0.3 is 0 Å². The zero-order valence-corrected chi connectivity index (χ0v) is 11.2. The van der Waals surface area contributed by atoms with E-state index in [1.807, 2.05) is 6.92 Å². The van der Waals surface area contributed by atoms with Gasteiger partial charge in [0.25, 0.3) is 0 Å². The average molecular weight is 232 g/mol. The summed E-state index contributed by atoms with van der Waals surface area (Å²) >= 11 is 0. The van der Waals surface area contributed by atoms with Crippen molar-refractivity contribution in [1.82, 2.24) is 0 Å². The Bertz CT molecular complexity index is 356. The zero-order valence-electron chi connectivity index (χ0n) is 11.2. The van der Waals surface area contributed by atoms with E-state index in [0.29, 0.717) is 6.04 Å². The molecule has 1 aliphatic rings. The normalized spacial score (nSPS) is 26.9. The van der Waals surface area contributed by atoms with E-state index in [1.54, 1.807) is 0 Å². The van der Waals surface area contributed by atoms with E-state index in [9.17, 15) is 0 Å². The molecule has 3 atom stereocenters. The molecule has 2 nitrogen and oxygen atoms in total. The van der Waals surface area contributed by atoms with Gasteiger partial charge in [-0.05, 0) is 50.3 Å². The van der Waals surface area contributed by atoms with E-state index in [-0.39, 0.29) is 6.04 Å². The van der Waals surface area contributed by atoms with Gasteiger partial charge in [0.2, 0.25) is 0 Å². The number of rotatable bonds is 2. The molecule has 1 fully saturated rings. The first kappa shape index (κ1) is 12.4. The van der Waals surface area contributed by atoms with Crippen LogP contribution in [0.1, 0.15) is 45.2 Å². The summed E-state index contributed by atoms with van der Waals surface area (Å²) < 4.78 is 0. The van der Waals surface area contributed by atoms with Crippen LogP contribution in [0.2, 0.25) is 0 Å². The van der Waals surface area contributed by atoms with Crippen molar-refractivity contribution in [2.45, 2.75) is 45.7 Å². The molecule has 0 spiro atoms. The second kappa shape index (κ2) is 5.09. The predicted octanol–water partition coefficient (Wildman–Crippen LogP) is 3.33. The summed E-state index contributed by atoms with van der Waals surface area (Å²) in [5.41, 5.74) is 8.43. The molecule has 0 bridgehead atoms. The quantitative estimate of drug-likeness (QED) is 0.847. The highest BCUT2D eigenvalue weighted by atomic mass is 15.2. The largest absolute Gasteiger partial charge is 0.369 e. The van der Waals surface area contributed by atoms with Gasteiger partial charge in [0, 0.05) is 24.3 Å². The zero-order chi connectivity index (χ0) is 12.4. The van der Waals surface area contributed by atoms with E-state index in [1.165, 1.54) is 30.6 Å². The maximum atomic E-state index is 5.88. The van der Waals surface area contributed by atoms with Gasteiger partial charge in [0.05, 0.1) is 0 Å². The first-order chi connectivity index (χ1) is 8.09. The summed E-state index contributed by atoms with van der Waals surface area (Å²) in [6.07, 6.45) is 2.66. The van der Waals surface area contributed by atoms with Gasteiger partial charge in [0.15, 0.2) is 0 Å². The fraction of sp³-hybridized carbons (Fsp3) is 0.600. The Labute approximate surface area is 105 Å². The summed E-state index contributed by atoms with van der Waals surface area (Å²) in [7, 11) is 0. The molecule has 0 saturated carbocycles. The van der Waals surface area contributed by atoms with Crippen molar-refractivity contribution in [1.29, 1.82) is 0 Å². The van der Waals surface area contributed by atoms with Gasteiger partial charge in [-0.1, -0.05) is 19.1 Å². The average Bonchev–Trinajstić information content (AvgIpc) is 2.33. The Morgan fingerprint density at radius 2 is 1.88 bits per heavy atom. The lowest BCUT2D eigenvalue weighted by atomic mass is 9.91. The van der Waals surface area contributed by atoms with E-state index < -0.39 is 0 Å². The van der Waals surface area contributed by atoms with Crippen molar-refractivity contribution < 1.29 is 0 Å². The molecule has 1 saturated heterocycles. The van der Waals surface area contributed by atoms with E-state index in [2.05, 4.69) is 43.0 Å². The Hall–Kier alpha value is -1.02. The van der Waals surface area contributed by atoms with Gasteiger partial charge in [-0.15, -0.1) is 0 Å². The third kappa shape index (κ3) is 2.63. The van der Waals surface area contributed by atoms with E-state index in [4.69, 9.17) is 5.73 Å². The molecule has 2 heteroatoms. The third-order valence-corrected chi connectivity index (χ3v) is 4.12. The lowest BCUT2D eigenvalue weighted by Gasteiger charge is -2.39. The van der Waals surface area contributed by atoms with Crippen LogP contribution in [0.4, 0.5) is 5.69 Å². The molecule has 2 unspecified atom stereocenters. The van der Waals surface area contributed by atoms with Gasteiger partial charge in [0.1, 0.15) is 0 Å². The van der Waals surface area contributed by atoms with Crippen LogP contribution in [0.5, 0.6) is 0 Å². The summed E-state index contributed by atoms with van der Waals surface area (Å²) in [4.78, 5) is 2.53. The van der Waals surface area contributed by atoms with Crippen molar-refractivity contribution in [2.24, 2.45) is 11.7 Å². The topological polar surface area (TPSA) is 29.3 Å². The van der Waals surface area contributed by atoms with Crippen LogP contribution in [0.3, 0.4) is 0 Å². The Morgan fingerprint density at radius 3 is 2.47 bits per heavy atom. The second-order valence-corrected chi connectivity index (χ2v) is 5.43. The maximum Gasteiger partial charge on any atom is 0.0368 e. The number of anilines is 1. The molecule has 2 N–H and O–H groups in total. The van der Waals surface area contributed by atoms with Crippen molar-refractivity contribution in [3.05, 3.63) is 29.8 Å². The molecular weight excluding hydrogens is 208 g/mol. The molecule has 0 amide bonds. The van der Waals surface area contributed by atoms with Crippen molar-refractivity contribution in [2.75, 3.05) is 11.4 Å². The van der Waals surface area contributed by atoms with Crippen LogP contribution in [-0.2, 0) is 0 Å². The van der Waals surface area contributed by atoms with E-state index in [0.717, 1.165) is 5.92 Å². The number of hydrogen-bond donors (Lipinski definition) is 1. The summed E-state index contributed by atoms with van der Waals surface area (Å²) in [5, 5.41) is 0. The smallest absolute Gasteiger partial charge is 0.0368 e. The molecule has 1 heterocycles. The molecular formula is C15H24N2. The molecule has 0 radical (unpaired) electrons. The minimum Gasteiger partial charge on any atom is -0.369 e. The highest BCUT2D eigenvalue weighted by Gasteiger charge is 2.24. The van der Waals surface area contributed by atoms with Gasteiger partial charge in [-0.25, -0.2) is 0 Å². The highest BCUT2D eigenvalue weighted by Crippen LogP contribution is 2.28. The monoisotopic (exact) mass is 232 g/mol. The molecule has 0 aliphatic carbocycles. The first-order valence-electron chi connectivity index (χ1n) is 6.72. The van der Waals surface area contributed by atoms with Gasteiger partial charge in [-0.2, -0.15) is 0 Å². The summed E-state index contributed by atoms with van der Waals surface area (Å²) in [6, 6.07) is 9.52. The fourth-order valence-electron chi connectivity index (χ4n) is 2.67. The van der Waals surface area contributed by atoms with Crippen molar-refractivity contribution in [3.8, 4) is 0 Å². The third-order valence-electron chi connectivity index (χ3n) is 4.12. The van der Waals surface area contributed by atoms with E-state index >= 15 is 0 Å². The Balaban J connectivity index is 2.16. The van der Waals surface area contributed by atoms with Crippen molar-refractivity contribution in [3.63, 3.8) is 0 Å². The van der Waals surface area contributed by atoms with Crippen molar-refractivity contribution >= 4 is 5.69 Å². The molecule has 1 aliphatic heterocycles. The summed E-state index contributed by atoms with van der Waals surface area (Å²) in [5.74, 6) is 0.789. The fourth-order valence-corrected chi connectivity index (χ4v) is 2.67. The molecule has 1 aromatic carbocycles. The Kier molecular flexibility index (Phi) is 3.72. The van der Waals surface area contributed by atoms with Crippen LogP contribution in [0.15, 0.2) is 24.3 Å². The maximum absolute atomic E-state index is 5.88. The standard InChI is InChI=1S/C15H24N2/c1-11-5-4-10-17(13(11)3)15-8-6-14(7-9-15)12(2)16/h6-9,11-13H,4-5,10,16H2,1-3H3/t11?,12-,13?/m0/s1. The predicted molar refractivity (Wildman–Crippen MR) is 74.3 cm³/mol. The molecule has 2 rings (SSSR count). The van der Waals surface area contributed by atoms with Crippen LogP contribution in [-0.4, -0.2) is 12.6 Å². The molecule has 0 aromatic heterocycles. The number of benzene rings is 1. The van der Waals surface area contributed by atoms with Crippen LogP contribution in [0, 0.1) is 5.92 Å². The summed E-state index contributed by atoms with van der Waals surface area (Å²) in [6.45, 7) is 7.90. The lowest BCUT2D eigenvalue weighted by molar-refractivity contribution is 0.363. The van der Waals surface area contributed by atoms with Gasteiger partial charge < -0.3 is 10.6 Å². The second-order valence-electron chi connectivity index (χ2n) is 5.43. The molecule has 17 heavy (non-hydrogen) atoms. The molecule has 94 valence electrons. The van der Waals surface area contributed by atoms with Crippen LogP contribution < -0.4 is 10.6 Å². The SMILES string of the molecule is CC1CCCN(c2ccc([C@H](C)N)cc2)C1C. The van der Waals surface area contributed by atoms with Gasteiger partial charge in [-0.3, -0.25) is 0 Å². The first-order valence-corrected chi connectivity index (χ1v) is 6.72.